The average molecular weight is 470 g/mol. The first kappa shape index (κ1) is 21.3. The van der Waals surface area contributed by atoms with Crippen molar-refractivity contribution in [2.45, 2.75) is 11.5 Å². The molecule has 1 aliphatic heterocycles. The quantitative estimate of drug-likeness (QED) is 0.506. The molecule has 0 amide bonds. The van der Waals surface area contributed by atoms with Gasteiger partial charge in [-0.1, -0.05) is 17.7 Å². The zero-order valence-corrected chi connectivity index (χ0v) is 17.3. The molecule has 31 heavy (non-hydrogen) atoms. The van der Waals surface area contributed by atoms with Crippen molar-refractivity contribution in [1.82, 2.24) is 0 Å². The Labute approximate surface area is 181 Å². The van der Waals surface area contributed by atoms with Crippen LogP contribution in [0.25, 0.3) is 11.1 Å². The molecular weight excluding hydrogens is 455 g/mol. The maximum Gasteiger partial charge on any atom is 0.387 e. The molecule has 3 aromatic rings. The van der Waals surface area contributed by atoms with Gasteiger partial charge < -0.3 is 9.47 Å². The number of anilines is 1. The summed E-state index contributed by atoms with van der Waals surface area (Å²) in [6, 6.07) is 13.6. The van der Waals surface area contributed by atoms with Gasteiger partial charge in [-0.05, 0) is 59.7 Å². The number of halogens is 4. The standard InChI is InChI=1S/C21H15ClF3NO4S/c22-15-2-4-18(5-3-15)31(27,28)26-7-8-29-20-6-1-13(11-19(20)26)14-9-16(23)12-17(10-14)30-21(24)25/h1-6,9-12,21H,7-8H2. The second-order valence-electron chi connectivity index (χ2n) is 6.62. The molecular formula is C21H15ClF3NO4S. The first-order valence-corrected chi connectivity index (χ1v) is 10.9. The molecule has 0 saturated heterocycles. The smallest absolute Gasteiger partial charge is 0.387 e. The lowest BCUT2D eigenvalue weighted by Crippen LogP contribution is -2.37. The molecule has 1 heterocycles. The van der Waals surface area contributed by atoms with Crippen molar-refractivity contribution in [2.24, 2.45) is 0 Å². The van der Waals surface area contributed by atoms with Crippen LogP contribution in [0.2, 0.25) is 5.02 Å². The van der Waals surface area contributed by atoms with E-state index in [-0.39, 0.29) is 35.0 Å². The first-order chi connectivity index (χ1) is 14.7. The topological polar surface area (TPSA) is 55.8 Å². The number of rotatable bonds is 5. The van der Waals surface area contributed by atoms with Gasteiger partial charge in [0.2, 0.25) is 0 Å². The van der Waals surface area contributed by atoms with Crippen LogP contribution in [-0.2, 0) is 10.0 Å². The van der Waals surface area contributed by atoms with E-state index in [1.54, 1.807) is 12.1 Å². The highest BCUT2D eigenvalue weighted by Crippen LogP contribution is 2.39. The Kier molecular flexibility index (Phi) is 5.72. The van der Waals surface area contributed by atoms with E-state index < -0.39 is 22.5 Å². The summed E-state index contributed by atoms with van der Waals surface area (Å²) in [4.78, 5) is 0.0496. The highest BCUT2D eigenvalue weighted by atomic mass is 35.5. The van der Waals surface area contributed by atoms with E-state index in [0.717, 1.165) is 12.1 Å². The largest absolute Gasteiger partial charge is 0.489 e. The van der Waals surface area contributed by atoms with Crippen molar-refractivity contribution in [2.75, 3.05) is 17.5 Å². The van der Waals surface area contributed by atoms with E-state index in [1.165, 1.54) is 40.7 Å². The summed E-state index contributed by atoms with van der Waals surface area (Å²) >= 11 is 5.86. The van der Waals surface area contributed by atoms with Crippen LogP contribution >= 0.6 is 11.6 Å². The lowest BCUT2D eigenvalue weighted by Gasteiger charge is -2.31. The zero-order chi connectivity index (χ0) is 22.2. The maximum absolute atomic E-state index is 14.0. The summed E-state index contributed by atoms with van der Waals surface area (Å²) in [6.45, 7) is -2.90. The van der Waals surface area contributed by atoms with Crippen molar-refractivity contribution in [3.63, 3.8) is 0 Å². The molecule has 1 aliphatic rings. The monoisotopic (exact) mass is 469 g/mol. The number of benzene rings is 3. The Bertz CT molecular complexity index is 1220. The molecule has 0 aromatic heterocycles. The van der Waals surface area contributed by atoms with Gasteiger partial charge >= 0.3 is 6.61 Å². The second-order valence-corrected chi connectivity index (χ2v) is 8.91. The number of alkyl halides is 2. The maximum atomic E-state index is 14.0. The van der Waals surface area contributed by atoms with Crippen LogP contribution in [-0.4, -0.2) is 28.2 Å². The van der Waals surface area contributed by atoms with Gasteiger partial charge in [0.05, 0.1) is 17.1 Å². The number of sulfonamides is 1. The number of hydrogen-bond donors (Lipinski definition) is 0. The van der Waals surface area contributed by atoms with Crippen LogP contribution in [0.4, 0.5) is 18.9 Å². The Hall–Kier alpha value is -2.91. The molecule has 0 N–H and O–H groups in total. The van der Waals surface area contributed by atoms with E-state index >= 15 is 0 Å². The molecule has 0 aliphatic carbocycles. The van der Waals surface area contributed by atoms with Crippen LogP contribution < -0.4 is 13.8 Å². The minimum atomic E-state index is -3.93. The normalized spacial score (nSPS) is 13.6. The summed E-state index contributed by atoms with van der Waals surface area (Å²) in [5.74, 6) is -0.787. The fourth-order valence-corrected chi connectivity index (χ4v) is 4.83. The fourth-order valence-electron chi connectivity index (χ4n) is 3.26. The van der Waals surface area contributed by atoms with Crippen molar-refractivity contribution in [3.05, 3.63) is 71.5 Å². The van der Waals surface area contributed by atoms with Crippen LogP contribution in [0.15, 0.2) is 65.6 Å². The fraction of sp³-hybridized carbons (Fsp3) is 0.143. The zero-order valence-electron chi connectivity index (χ0n) is 15.8. The summed E-state index contributed by atoms with van der Waals surface area (Å²) in [5.41, 5.74) is 0.895. The lowest BCUT2D eigenvalue weighted by atomic mass is 10.0. The molecule has 0 fully saturated rings. The number of nitrogens with zero attached hydrogens (tertiary/aromatic N) is 1. The Balaban J connectivity index is 1.77. The predicted octanol–water partition coefficient (Wildman–Crippen LogP) is 5.34. The van der Waals surface area contributed by atoms with E-state index in [9.17, 15) is 21.6 Å². The number of hydrogen-bond acceptors (Lipinski definition) is 4. The molecule has 3 aromatic carbocycles. The van der Waals surface area contributed by atoms with E-state index in [4.69, 9.17) is 16.3 Å². The van der Waals surface area contributed by atoms with Crippen molar-refractivity contribution < 1.29 is 31.1 Å². The molecule has 0 atom stereocenters. The van der Waals surface area contributed by atoms with Gasteiger partial charge in [-0.2, -0.15) is 8.78 Å². The third-order valence-electron chi connectivity index (χ3n) is 4.61. The Morgan fingerprint density at radius 3 is 2.45 bits per heavy atom. The third-order valence-corrected chi connectivity index (χ3v) is 6.69. The van der Waals surface area contributed by atoms with E-state index in [0.29, 0.717) is 16.3 Å². The minimum absolute atomic E-state index is 0.0496. The van der Waals surface area contributed by atoms with Crippen LogP contribution in [0, 0.1) is 5.82 Å². The van der Waals surface area contributed by atoms with Gasteiger partial charge in [-0.15, -0.1) is 0 Å². The molecule has 162 valence electrons. The lowest BCUT2D eigenvalue weighted by molar-refractivity contribution is -0.0499. The SMILES string of the molecule is O=S(=O)(c1ccc(Cl)cc1)N1CCOc2ccc(-c3cc(F)cc(OC(F)F)c3)cc21. The number of ether oxygens (including phenoxy) is 2. The average Bonchev–Trinajstić information content (AvgIpc) is 2.72. The summed E-state index contributed by atoms with van der Waals surface area (Å²) in [6.07, 6.45) is 0. The van der Waals surface area contributed by atoms with E-state index in [2.05, 4.69) is 4.74 Å². The van der Waals surface area contributed by atoms with Crippen molar-refractivity contribution >= 4 is 27.3 Å². The molecule has 5 nitrogen and oxygen atoms in total. The number of fused-ring (bicyclic) bond motifs is 1. The van der Waals surface area contributed by atoms with Gasteiger partial charge in [0.25, 0.3) is 10.0 Å². The molecule has 0 spiro atoms. The van der Waals surface area contributed by atoms with Gasteiger partial charge in [0.15, 0.2) is 0 Å². The Morgan fingerprint density at radius 2 is 1.74 bits per heavy atom. The molecule has 0 unspecified atom stereocenters. The van der Waals surface area contributed by atoms with Gasteiger partial charge in [0, 0.05) is 11.1 Å². The second kappa shape index (κ2) is 8.32. The molecule has 0 bridgehead atoms. The molecule has 10 heteroatoms. The van der Waals surface area contributed by atoms with Crippen LogP contribution in [0.1, 0.15) is 0 Å². The minimum Gasteiger partial charge on any atom is -0.489 e. The van der Waals surface area contributed by atoms with E-state index in [1.807, 2.05) is 0 Å². The molecule has 0 radical (unpaired) electrons. The summed E-state index contributed by atoms with van der Waals surface area (Å²) in [7, 11) is -3.93. The van der Waals surface area contributed by atoms with Crippen LogP contribution in [0.3, 0.4) is 0 Å². The van der Waals surface area contributed by atoms with Gasteiger partial charge in [0.1, 0.15) is 23.9 Å². The summed E-state index contributed by atoms with van der Waals surface area (Å²) < 4.78 is 76.5. The molecule has 0 saturated carbocycles. The van der Waals surface area contributed by atoms with Crippen molar-refractivity contribution in [1.29, 1.82) is 0 Å². The third kappa shape index (κ3) is 4.42. The first-order valence-electron chi connectivity index (χ1n) is 9.05. The van der Waals surface area contributed by atoms with Gasteiger partial charge in [-0.25, -0.2) is 12.8 Å². The Morgan fingerprint density at radius 1 is 1.00 bits per heavy atom. The molecule has 4 rings (SSSR count). The summed E-state index contributed by atoms with van der Waals surface area (Å²) in [5, 5.41) is 0.400. The van der Waals surface area contributed by atoms with Crippen molar-refractivity contribution in [3.8, 4) is 22.6 Å². The highest BCUT2D eigenvalue weighted by molar-refractivity contribution is 7.92. The van der Waals surface area contributed by atoms with Gasteiger partial charge in [-0.3, -0.25) is 4.31 Å². The highest BCUT2D eigenvalue weighted by Gasteiger charge is 2.30. The predicted molar refractivity (Wildman–Crippen MR) is 110 cm³/mol. The van der Waals surface area contributed by atoms with Crippen LogP contribution in [0.5, 0.6) is 11.5 Å².